The van der Waals surface area contributed by atoms with E-state index in [0.717, 1.165) is 32.5 Å². The van der Waals surface area contributed by atoms with Crippen LogP contribution >= 0.6 is 0 Å². The van der Waals surface area contributed by atoms with Crippen molar-refractivity contribution in [1.82, 2.24) is 10.2 Å². The van der Waals surface area contributed by atoms with Gasteiger partial charge >= 0.3 is 0 Å². The summed E-state index contributed by atoms with van der Waals surface area (Å²) >= 11 is 0. The molecular formula is C17H26N2O. The molecule has 1 aliphatic rings. The van der Waals surface area contributed by atoms with Crippen LogP contribution in [0.4, 0.5) is 0 Å². The zero-order chi connectivity index (χ0) is 14.5. The number of likely N-dealkylation sites (tertiary alicyclic amines) is 1. The Kier molecular flexibility index (Phi) is 5.18. The van der Waals surface area contributed by atoms with Gasteiger partial charge in [0.05, 0.1) is 0 Å². The van der Waals surface area contributed by atoms with Crippen molar-refractivity contribution in [2.75, 3.05) is 13.1 Å². The fraction of sp³-hybridized carbons (Fsp3) is 0.588. The smallest absolute Gasteiger partial charge is 0.219 e. The number of carbonyl (C=O) groups excluding carboxylic acids is 1. The molecule has 20 heavy (non-hydrogen) atoms. The largest absolute Gasteiger partial charge is 0.343 e. The molecule has 0 atom stereocenters. The van der Waals surface area contributed by atoms with Gasteiger partial charge in [0.25, 0.3) is 0 Å². The number of hydrogen-bond donors (Lipinski definition) is 1. The van der Waals surface area contributed by atoms with Gasteiger partial charge in [0, 0.05) is 32.6 Å². The predicted octanol–water partition coefficient (Wildman–Crippen LogP) is 2.91. The number of amides is 1. The quantitative estimate of drug-likeness (QED) is 0.915. The summed E-state index contributed by atoms with van der Waals surface area (Å²) in [5, 5.41) is 3.61. The number of nitrogens with one attached hydrogen (secondary N) is 1. The summed E-state index contributed by atoms with van der Waals surface area (Å²) in [6, 6.07) is 9.41. The fourth-order valence-electron chi connectivity index (χ4n) is 2.68. The normalized spacial score (nSPS) is 16.7. The van der Waals surface area contributed by atoms with Gasteiger partial charge in [-0.2, -0.15) is 0 Å². The SMILES string of the molecule is CC(=O)N1CCC(NCc2ccc(C(C)C)cc2)CC1. The van der Waals surface area contributed by atoms with Crippen molar-refractivity contribution in [1.29, 1.82) is 0 Å². The molecule has 0 aliphatic carbocycles. The highest BCUT2D eigenvalue weighted by Gasteiger charge is 2.19. The van der Waals surface area contributed by atoms with E-state index in [1.54, 1.807) is 6.92 Å². The third kappa shape index (κ3) is 4.07. The summed E-state index contributed by atoms with van der Waals surface area (Å²) in [6.45, 7) is 8.79. The molecule has 1 aromatic carbocycles. The van der Waals surface area contributed by atoms with Crippen LogP contribution in [0.3, 0.4) is 0 Å². The van der Waals surface area contributed by atoms with Crippen LogP contribution in [0.5, 0.6) is 0 Å². The fourth-order valence-corrected chi connectivity index (χ4v) is 2.68. The van der Waals surface area contributed by atoms with Crippen LogP contribution in [0.2, 0.25) is 0 Å². The highest BCUT2D eigenvalue weighted by atomic mass is 16.2. The van der Waals surface area contributed by atoms with E-state index in [0.29, 0.717) is 12.0 Å². The van der Waals surface area contributed by atoms with E-state index < -0.39 is 0 Å². The van der Waals surface area contributed by atoms with Gasteiger partial charge in [0.2, 0.25) is 5.91 Å². The molecule has 2 rings (SSSR count). The Morgan fingerprint density at radius 2 is 1.85 bits per heavy atom. The Labute approximate surface area is 122 Å². The zero-order valence-corrected chi connectivity index (χ0v) is 12.9. The molecule has 1 saturated heterocycles. The van der Waals surface area contributed by atoms with E-state index in [1.165, 1.54) is 11.1 Å². The van der Waals surface area contributed by atoms with Crippen molar-refractivity contribution in [3.05, 3.63) is 35.4 Å². The maximum Gasteiger partial charge on any atom is 0.219 e. The van der Waals surface area contributed by atoms with Crippen LogP contribution < -0.4 is 5.32 Å². The Balaban J connectivity index is 1.77. The van der Waals surface area contributed by atoms with Gasteiger partial charge < -0.3 is 10.2 Å². The Bertz CT molecular complexity index is 431. The molecular weight excluding hydrogens is 248 g/mol. The number of piperidine rings is 1. The maximum absolute atomic E-state index is 11.3. The average Bonchev–Trinajstić information content (AvgIpc) is 2.46. The van der Waals surface area contributed by atoms with Gasteiger partial charge in [0.1, 0.15) is 0 Å². The average molecular weight is 274 g/mol. The number of benzene rings is 1. The summed E-state index contributed by atoms with van der Waals surface area (Å²) in [5.41, 5.74) is 2.73. The van der Waals surface area contributed by atoms with Crippen molar-refractivity contribution in [2.45, 2.75) is 52.1 Å². The topological polar surface area (TPSA) is 32.3 Å². The van der Waals surface area contributed by atoms with Crippen LogP contribution in [0, 0.1) is 0 Å². The molecule has 1 fully saturated rings. The Morgan fingerprint density at radius 1 is 1.25 bits per heavy atom. The second-order valence-corrected chi connectivity index (χ2v) is 6.06. The van der Waals surface area contributed by atoms with Gasteiger partial charge in [-0.3, -0.25) is 4.79 Å². The molecule has 0 spiro atoms. The molecule has 0 radical (unpaired) electrons. The molecule has 0 bridgehead atoms. The number of hydrogen-bond acceptors (Lipinski definition) is 2. The van der Waals surface area contributed by atoms with Crippen molar-refractivity contribution in [3.63, 3.8) is 0 Å². The highest BCUT2D eigenvalue weighted by molar-refractivity contribution is 5.73. The minimum absolute atomic E-state index is 0.202. The molecule has 0 saturated carbocycles. The molecule has 0 unspecified atom stereocenters. The molecule has 1 aliphatic heterocycles. The standard InChI is InChI=1S/C17H26N2O/c1-13(2)16-6-4-15(5-7-16)12-18-17-8-10-19(11-9-17)14(3)20/h4-7,13,17-18H,8-12H2,1-3H3. The molecule has 0 aromatic heterocycles. The monoisotopic (exact) mass is 274 g/mol. The minimum atomic E-state index is 0.202. The molecule has 110 valence electrons. The third-order valence-electron chi connectivity index (χ3n) is 4.18. The molecule has 3 heteroatoms. The number of carbonyl (C=O) groups is 1. The van der Waals surface area contributed by atoms with Crippen molar-refractivity contribution in [3.8, 4) is 0 Å². The van der Waals surface area contributed by atoms with Gasteiger partial charge in [-0.15, -0.1) is 0 Å². The third-order valence-corrected chi connectivity index (χ3v) is 4.18. The summed E-state index contributed by atoms with van der Waals surface area (Å²) < 4.78 is 0. The lowest BCUT2D eigenvalue weighted by Crippen LogP contribution is -2.43. The Morgan fingerprint density at radius 3 is 2.35 bits per heavy atom. The lowest BCUT2D eigenvalue weighted by molar-refractivity contribution is -0.129. The summed E-state index contributed by atoms with van der Waals surface area (Å²) in [7, 11) is 0. The van der Waals surface area contributed by atoms with Crippen LogP contribution in [0.1, 0.15) is 50.7 Å². The van der Waals surface area contributed by atoms with E-state index in [1.807, 2.05) is 4.90 Å². The summed E-state index contributed by atoms with van der Waals surface area (Å²) in [5.74, 6) is 0.792. The van der Waals surface area contributed by atoms with Crippen LogP contribution in [-0.4, -0.2) is 29.9 Å². The van der Waals surface area contributed by atoms with Gasteiger partial charge in [-0.1, -0.05) is 38.1 Å². The van der Waals surface area contributed by atoms with Gasteiger partial charge in [0.15, 0.2) is 0 Å². The van der Waals surface area contributed by atoms with Crippen molar-refractivity contribution < 1.29 is 4.79 Å². The van der Waals surface area contributed by atoms with Gasteiger partial charge in [-0.05, 0) is 29.9 Å². The molecule has 1 amide bonds. The van der Waals surface area contributed by atoms with Gasteiger partial charge in [-0.25, -0.2) is 0 Å². The molecule has 1 heterocycles. The van der Waals surface area contributed by atoms with E-state index in [2.05, 4.69) is 43.4 Å². The highest BCUT2D eigenvalue weighted by Crippen LogP contribution is 2.15. The minimum Gasteiger partial charge on any atom is -0.343 e. The Hall–Kier alpha value is -1.35. The van der Waals surface area contributed by atoms with Crippen molar-refractivity contribution >= 4 is 5.91 Å². The van der Waals surface area contributed by atoms with Crippen LogP contribution in [0.15, 0.2) is 24.3 Å². The van der Waals surface area contributed by atoms with Crippen LogP contribution in [-0.2, 0) is 11.3 Å². The molecule has 1 aromatic rings. The lowest BCUT2D eigenvalue weighted by Gasteiger charge is -2.31. The molecule has 1 N–H and O–H groups in total. The van der Waals surface area contributed by atoms with Crippen LogP contribution in [0.25, 0.3) is 0 Å². The predicted molar refractivity (Wildman–Crippen MR) is 82.6 cm³/mol. The van der Waals surface area contributed by atoms with E-state index in [4.69, 9.17) is 0 Å². The second kappa shape index (κ2) is 6.89. The first-order valence-electron chi connectivity index (χ1n) is 7.64. The number of rotatable bonds is 4. The first-order valence-corrected chi connectivity index (χ1v) is 7.64. The summed E-state index contributed by atoms with van der Waals surface area (Å²) in [4.78, 5) is 13.2. The maximum atomic E-state index is 11.3. The van der Waals surface area contributed by atoms with E-state index in [-0.39, 0.29) is 5.91 Å². The zero-order valence-electron chi connectivity index (χ0n) is 12.9. The second-order valence-electron chi connectivity index (χ2n) is 6.06. The van der Waals surface area contributed by atoms with Crippen molar-refractivity contribution in [2.24, 2.45) is 0 Å². The number of nitrogens with zero attached hydrogens (tertiary/aromatic N) is 1. The lowest BCUT2D eigenvalue weighted by atomic mass is 10.0. The first kappa shape index (κ1) is 15.0. The first-order chi connectivity index (χ1) is 9.56. The summed E-state index contributed by atoms with van der Waals surface area (Å²) in [6.07, 6.45) is 2.12. The molecule has 3 nitrogen and oxygen atoms in total. The van der Waals surface area contributed by atoms with E-state index in [9.17, 15) is 4.79 Å². The van der Waals surface area contributed by atoms with E-state index >= 15 is 0 Å².